The van der Waals surface area contributed by atoms with Gasteiger partial charge in [0, 0.05) is 0 Å². The molecule has 30 heavy (non-hydrogen) atoms. The van der Waals surface area contributed by atoms with Gasteiger partial charge < -0.3 is 20.1 Å². The predicted octanol–water partition coefficient (Wildman–Crippen LogP) is 5.07. The van der Waals surface area contributed by atoms with E-state index in [0.717, 1.165) is 22.5 Å². The summed E-state index contributed by atoms with van der Waals surface area (Å²) >= 11 is 6.62. The summed E-state index contributed by atoms with van der Waals surface area (Å²) in [6, 6.07) is 6.22. The zero-order chi connectivity index (χ0) is 22.4. The van der Waals surface area contributed by atoms with Gasteiger partial charge in [0.05, 0.1) is 24.8 Å². The van der Waals surface area contributed by atoms with Crippen LogP contribution in [0.25, 0.3) is 0 Å². The second kappa shape index (κ2) is 10.5. The number of esters is 2. The van der Waals surface area contributed by atoms with Gasteiger partial charge in [0.2, 0.25) is 0 Å². The molecule has 0 saturated heterocycles. The molecule has 0 bridgehead atoms. The monoisotopic (exact) mass is 448 g/mol. The van der Waals surface area contributed by atoms with Crippen LogP contribution in [-0.4, -0.2) is 30.3 Å². The van der Waals surface area contributed by atoms with Gasteiger partial charge in [-0.1, -0.05) is 23.8 Å². The van der Waals surface area contributed by atoms with Crippen LogP contribution in [-0.2, 0) is 9.47 Å². The normalized spacial score (nSPS) is 11.5. The molecule has 1 aromatic heterocycles. The Kier molecular flexibility index (Phi) is 8.37. The van der Waals surface area contributed by atoms with Gasteiger partial charge in [-0.25, -0.2) is 9.59 Å². The van der Waals surface area contributed by atoms with Crippen molar-refractivity contribution in [3.05, 3.63) is 50.9 Å². The fraction of sp³-hybridized carbons (Fsp3) is 0.409. The van der Waals surface area contributed by atoms with Crippen molar-refractivity contribution in [3.8, 4) is 0 Å². The van der Waals surface area contributed by atoms with Crippen LogP contribution in [0.15, 0.2) is 18.2 Å². The van der Waals surface area contributed by atoms with Gasteiger partial charge >= 0.3 is 11.9 Å². The Morgan fingerprint density at radius 3 is 2.37 bits per heavy atom. The van der Waals surface area contributed by atoms with Crippen molar-refractivity contribution in [2.24, 2.45) is 0 Å². The number of nitrogens with one attached hydrogen (secondary N) is 2. The van der Waals surface area contributed by atoms with Crippen LogP contribution in [0.3, 0.4) is 0 Å². The Morgan fingerprint density at radius 2 is 1.73 bits per heavy atom. The summed E-state index contributed by atoms with van der Waals surface area (Å²) < 4.78 is 10.3. The molecule has 1 aromatic carbocycles. The summed E-state index contributed by atoms with van der Waals surface area (Å²) in [6.07, 6.45) is 0. The second-order valence-electron chi connectivity index (χ2n) is 6.88. The summed E-state index contributed by atoms with van der Waals surface area (Å²) in [4.78, 5) is 25.2. The van der Waals surface area contributed by atoms with Gasteiger partial charge in [0.1, 0.15) is 9.88 Å². The van der Waals surface area contributed by atoms with E-state index in [2.05, 4.69) is 35.8 Å². The number of ether oxygens (including phenoxy) is 2. The van der Waals surface area contributed by atoms with Crippen LogP contribution in [0.2, 0.25) is 0 Å². The van der Waals surface area contributed by atoms with Gasteiger partial charge in [0.15, 0.2) is 5.11 Å². The molecule has 0 radical (unpaired) electrons. The lowest BCUT2D eigenvalue weighted by molar-refractivity contribution is 0.0527. The third kappa shape index (κ3) is 5.58. The van der Waals surface area contributed by atoms with Gasteiger partial charge in [-0.05, 0) is 70.5 Å². The highest BCUT2D eigenvalue weighted by molar-refractivity contribution is 7.80. The molecule has 0 aliphatic heterocycles. The minimum absolute atomic E-state index is 0.0403. The minimum atomic E-state index is -0.505. The molecule has 0 aliphatic rings. The standard InChI is InChI=1S/C22H28N2O4S2/c1-7-27-20(25)17-14(5)18(21(26)28-8-2)30-19(17)24-22(29)23-15(6)16-11-12(3)9-10-13(16)4/h9-11,15H,7-8H2,1-6H3,(H2,23,24,29). The van der Waals surface area contributed by atoms with E-state index < -0.39 is 11.9 Å². The van der Waals surface area contributed by atoms with E-state index in [9.17, 15) is 9.59 Å². The fourth-order valence-corrected chi connectivity index (χ4v) is 4.52. The SMILES string of the molecule is CCOC(=O)c1sc(NC(=S)NC(C)c2cc(C)ccc2C)c(C(=O)OCC)c1C. The number of thiocarbonyl (C=S) groups is 1. The van der Waals surface area contributed by atoms with Crippen LogP contribution >= 0.6 is 23.6 Å². The third-order valence-corrected chi connectivity index (χ3v) is 5.97. The molecule has 1 atom stereocenters. The maximum absolute atomic E-state index is 12.5. The van der Waals surface area contributed by atoms with Gasteiger partial charge in [-0.15, -0.1) is 11.3 Å². The molecule has 2 rings (SSSR count). The Morgan fingerprint density at radius 1 is 1.10 bits per heavy atom. The number of thiophene rings is 1. The molecule has 1 heterocycles. The second-order valence-corrected chi connectivity index (χ2v) is 8.31. The molecule has 1 unspecified atom stereocenters. The number of aryl methyl sites for hydroxylation is 2. The van der Waals surface area contributed by atoms with E-state index in [1.54, 1.807) is 20.8 Å². The van der Waals surface area contributed by atoms with Crippen molar-refractivity contribution >= 4 is 45.6 Å². The highest BCUT2D eigenvalue weighted by Gasteiger charge is 2.27. The van der Waals surface area contributed by atoms with E-state index in [1.807, 2.05) is 13.8 Å². The van der Waals surface area contributed by atoms with E-state index in [-0.39, 0.29) is 19.3 Å². The molecule has 8 heteroatoms. The Bertz CT molecular complexity index is 953. The number of hydrogen-bond donors (Lipinski definition) is 2. The van der Waals surface area contributed by atoms with Crippen LogP contribution in [0.5, 0.6) is 0 Å². The molecule has 162 valence electrons. The molecule has 6 nitrogen and oxygen atoms in total. The molecule has 2 N–H and O–H groups in total. The van der Waals surface area contributed by atoms with Crippen molar-refractivity contribution in [2.75, 3.05) is 18.5 Å². The molecule has 0 fully saturated rings. The number of carbonyl (C=O) groups excluding carboxylic acids is 2. The van der Waals surface area contributed by atoms with Crippen LogP contribution < -0.4 is 10.6 Å². The highest BCUT2D eigenvalue weighted by atomic mass is 32.1. The molecule has 0 aliphatic carbocycles. The van der Waals surface area contributed by atoms with Crippen molar-refractivity contribution in [1.29, 1.82) is 0 Å². The quantitative estimate of drug-likeness (QED) is 0.452. The zero-order valence-electron chi connectivity index (χ0n) is 18.2. The van der Waals surface area contributed by atoms with Gasteiger partial charge in [-0.2, -0.15) is 0 Å². The summed E-state index contributed by atoms with van der Waals surface area (Å²) in [5, 5.41) is 7.14. The Balaban J connectivity index is 2.28. The molecule has 0 amide bonds. The van der Waals surface area contributed by atoms with Crippen LogP contribution in [0.4, 0.5) is 5.00 Å². The van der Waals surface area contributed by atoms with Gasteiger partial charge in [-0.3, -0.25) is 0 Å². The Labute approximate surface area is 187 Å². The summed E-state index contributed by atoms with van der Waals surface area (Å²) in [5.41, 5.74) is 4.28. The van der Waals surface area contributed by atoms with E-state index in [0.29, 0.717) is 26.1 Å². The predicted molar refractivity (Wildman–Crippen MR) is 125 cm³/mol. The minimum Gasteiger partial charge on any atom is -0.462 e. The van der Waals surface area contributed by atoms with Crippen LogP contribution in [0.1, 0.15) is 69.1 Å². The van der Waals surface area contributed by atoms with Crippen LogP contribution in [0, 0.1) is 20.8 Å². The van der Waals surface area contributed by atoms with Crippen molar-refractivity contribution in [2.45, 2.75) is 47.6 Å². The summed E-state index contributed by atoms with van der Waals surface area (Å²) in [5.74, 6) is -0.976. The fourth-order valence-electron chi connectivity index (χ4n) is 3.08. The molecular weight excluding hydrogens is 420 g/mol. The molecular formula is C22H28N2O4S2. The number of hydrogen-bond acceptors (Lipinski definition) is 6. The third-order valence-electron chi connectivity index (χ3n) is 4.56. The molecule has 0 spiro atoms. The zero-order valence-corrected chi connectivity index (χ0v) is 19.8. The summed E-state index contributed by atoms with van der Waals surface area (Å²) in [7, 11) is 0. The first-order valence-electron chi connectivity index (χ1n) is 9.81. The molecule has 2 aromatic rings. The van der Waals surface area contributed by atoms with E-state index in [1.165, 1.54) is 5.56 Å². The maximum atomic E-state index is 12.5. The first-order chi connectivity index (χ1) is 14.2. The lowest BCUT2D eigenvalue weighted by Crippen LogP contribution is -2.31. The van der Waals surface area contributed by atoms with E-state index in [4.69, 9.17) is 21.7 Å². The first kappa shape index (κ1) is 23.8. The number of rotatable bonds is 7. The van der Waals surface area contributed by atoms with Crippen molar-refractivity contribution in [3.63, 3.8) is 0 Å². The lowest BCUT2D eigenvalue weighted by atomic mass is 10.0. The van der Waals surface area contributed by atoms with Gasteiger partial charge in [0.25, 0.3) is 0 Å². The highest BCUT2D eigenvalue weighted by Crippen LogP contribution is 2.34. The first-order valence-corrected chi connectivity index (χ1v) is 11.0. The smallest absolute Gasteiger partial charge is 0.348 e. The maximum Gasteiger partial charge on any atom is 0.348 e. The number of carbonyl (C=O) groups is 2. The van der Waals surface area contributed by atoms with Crippen molar-refractivity contribution < 1.29 is 19.1 Å². The van der Waals surface area contributed by atoms with Crippen molar-refractivity contribution in [1.82, 2.24) is 5.32 Å². The summed E-state index contributed by atoms with van der Waals surface area (Å²) in [6.45, 7) is 11.8. The topological polar surface area (TPSA) is 76.7 Å². The number of anilines is 1. The number of benzene rings is 1. The largest absolute Gasteiger partial charge is 0.462 e. The lowest BCUT2D eigenvalue weighted by Gasteiger charge is -2.19. The molecule has 0 saturated carbocycles. The van der Waals surface area contributed by atoms with E-state index >= 15 is 0 Å². The average Bonchev–Trinajstić information content (AvgIpc) is 2.99. The average molecular weight is 449 g/mol. The Hall–Kier alpha value is -2.45.